The van der Waals surface area contributed by atoms with Crippen LogP contribution in [0.3, 0.4) is 0 Å². The van der Waals surface area contributed by atoms with Crippen LogP contribution in [0.5, 0.6) is 5.88 Å². The first-order valence-electron chi connectivity index (χ1n) is 5.29. The molecule has 0 fully saturated rings. The highest BCUT2D eigenvalue weighted by molar-refractivity contribution is 5.06. The Balaban J connectivity index is 2.27. The van der Waals surface area contributed by atoms with Gasteiger partial charge in [-0.3, -0.25) is 4.98 Å². The second-order valence-electron chi connectivity index (χ2n) is 4.36. The molecular weight excluding hydrogens is 206 g/mol. The molecule has 0 atom stereocenters. The molecule has 0 amide bonds. The Kier molecular flexibility index (Phi) is 4.64. The molecule has 16 heavy (non-hydrogen) atoms. The highest BCUT2D eigenvalue weighted by atomic mass is 16.5. The second kappa shape index (κ2) is 5.77. The molecule has 0 aliphatic heterocycles. The number of nitrogens with zero attached hydrogens (tertiary/aromatic N) is 2. The van der Waals surface area contributed by atoms with Gasteiger partial charge in [-0.15, -0.1) is 0 Å². The van der Waals surface area contributed by atoms with Crippen molar-refractivity contribution in [2.45, 2.75) is 32.9 Å². The zero-order valence-corrected chi connectivity index (χ0v) is 10.1. The van der Waals surface area contributed by atoms with Gasteiger partial charge in [0.2, 0.25) is 5.88 Å². The summed E-state index contributed by atoms with van der Waals surface area (Å²) in [7, 11) is 0. The number of hydrogen-bond acceptors (Lipinski definition) is 5. The van der Waals surface area contributed by atoms with Gasteiger partial charge in [0.15, 0.2) is 0 Å². The maximum absolute atomic E-state index is 5.50. The van der Waals surface area contributed by atoms with E-state index in [9.17, 15) is 0 Å². The van der Waals surface area contributed by atoms with Crippen LogP contribution in [0.4, 0.5) is 0 Å². The third-order valence-corrected chi connectivity index (χ3v) is 1.76. The van der Waals surface area contributed by atoms with Gasteiger partial charge >= 0.3 is 0 Å². The molecule has 5 heteroatoms. The van der Waals surface area contributed by atoms with Crippen molar-refractivity contribution < 1.29 is 9.47 Å². The van der Waals surface area contributed by atoms with Crippen LogP contribution in [-0.2, 0) is 11.3 Å². The Morgan fingerprint density at radius 3 is 2.44 bits per heavy atom. The predicted octanol–water partition coefficient (Wildman–Crippen LogP) is 1.13. The van der Waals surface area contributed by atoms with Crippen LogP contribution in [0.25, 0.3) is 0 Å². The quantitative estimate of drug-likeness (QED) is 0.761. The monoisotopic (exact) mass is 225 g/mol. The van der Waals surface area contributed by atoms with Crippen molar-refractivity contribution in [3.63, 3.8) is 0 Å². The minimum atomic E-state index is -0.140. The van der Waals surface area contributed by atoms with E-state index in [1.807, 2.05) is 20.8 Å². The topological polar surface area (TPSA) is 70.3 Å². The zero-order valence-electron chi connectivity index (χ0n) is 10.1. The molecule has 1 rings (SSSR count). The minimum absolute atomic E-state index is 0.140. The van der Waals surface area contributed by atoms with Gasteiger partial charge < -0.3 is 15.2 Å². The summed E-state index contributed by atoms with van der Waals surface area (Å²) < 4.78 is 10.9. The van der Waals surface area contributed by atoms with Crippen LogP contribution in [0, 0.1) is 0 Å². The summed E-state index contributed by atoms with van der Waals surface area (Å²) in [4.78, 5) is 8.13. The van der Waals surface area contributed by atoms with Crippen LogP contribution in [0.2, 0.25) is 0 Å². The van der Waals surface area contributed by atoms with Crippen molar-refractivity contribution in [1.29, 1.82) is 0 Å². The Hall–Kier alpha value is -1.20. The van der Waals surface area contributed by atoms with Crippen LogP contribution in [0.15, 0.2) is 12.4 Å². The zero-order chi connectivity index (χ0) is 12.0. The van der Waals surface area contributed by atoms with E-state index in [0.29, 0.717) is 25.6 Å². The molecule has 0 saturated heterocycles. The molecule has 0 bridgehead atoms. The van der Waals surface area contributed by atoms with E-state index in [2.05, 4.69) is 9.97 Å². The first kappa shape index (κ1) is 12.9. The van der Waals surface area contributed by atoms with E-state index in [1.165, 1.54) is 0 Å². The van der Waals surface area contributed by atoms with Gasteiger partial charge in [0.05, 0.1) is 30.3 Å². The Bertz CT molecular complexity index is 306. The van der Waals surface area contributed by atoms with Crippen molar-refractivity contribution in [3.05, 3.63) is 18.1 Å². The van der Waals surface area contributed by atoms with Crippen molar-refractivity contribution in [3.8, 4) is 5.88 Å². The fourth-order valence-corrected chi connectivity index (χ4v) is 1.02. The van der Waals surface area contributed by atoms with Gasteiger partial charge in [0.1, 0.15) is 6.61 Å². The average molecular weight is 225 g/mol. The number of hydrogen-bond donors (Lipinski definition) is 1. The van der Waals surface area contributed by atoms with Crippen LogP contribution >= 0.6 is 0 Å². The molecule has 5 nitrogen and oxygen atoms in total. The van der Waals surface area contributed by atoms with Crippen molar-refractivity contribution >= 4 is 0 Å². The van der Waals surface area contributed by atoms with Crippen molar-refractivity contribution in [2.24, 2.45) is 5.73 Å². The maximum atomic E-state index is 5.50. The summed E-state index contributed by atoms with van der Waals surface area (Å²) >= 11 is 0. The second-order valence-corrected chi connectivity index (χ2v) is 4.36. The smallest absolute Gasteiger partial charge is 0.232 e. The van der Waals surface area contributed by atoms with Crippen LogP contribution in [-0.4, -0.2) is 28.8 Å². The molecule has 0 radical (unpaired) electrons. The molecule has 1 heterocycles. The van der Waals surface area contributed by atoms with Gasteiger partial charge in [0.25, 0.3) is 0 Å². The minimum Gasteiger partial charge on any atom is -0.474 e. The molecule has 0 saturated carbocycles. The summed E-state index contributed by atoms with van der Waals surface area (Å²) in [5, 5.41) is 0. The lowest BCUT2D eigenvalue weighted by Gasteiger charge is -2.19. The van der Waals surface area contributed by atoms with E-state index in [1.54, 1.807) is 12.4 Å². The Morgan fingerprint density at radius 1 is 1.19 bits per heavy atom. The summed E-state index contributed by atoms with van der Waals surface area (Å²) in [6.07, 6.45) is 3.18. The number of ether oxygens (including phenoxy) is 2. The summed E-state index contributed by atoms with van der Waals surface area (Å²) in [5.74, 6) is 0.495. The number of nitrogens with two attached hydrogens (primary N) is 1. The molecule has 1 aromatic rings. The molecule has 2 N–H and O–H groups in total. The highest BCUT2D eigenvalue weighted by Gasteiger charge is 2.09. The predicted molar refractivity (Wildman–Crippen MR) is 61.1 cm³/mol. The molecular formula is C11H19N3O2. The number of rotatable bonds is 5. The van der Waals surface area contributed by atoms with Gasteiger partial charge in [0, 0.05) is 6.54 Å². The first-order valence-corrected chi connectivity index (χ1v) is 5.29. The van der Waals surface area contributed by atoms with Crippen LogP contribution < -0.4 is 10.5 Å². The van der Waals surface area contributed by atoms with Crippen LogP contribution in [0.1, 0.15) is 26.5 Å². The lowest BCUT2D eigenvalue weighted by atomic mass is 10.2. The molecule has 1 aromatic heterocycles. The van der Waals surface area contributed by atoms with Crippen molar-refractivity contribution in [1.82, 2.24) is 9.97 Å². The molecule has 0 unspecified atom stereocenters. The first-order chi connectivity index (χ1) is 7.51. The summed E-state index contributed by atoms with van der Waals surface area (Å²) in [6.45, 7) is 7.40. The fourth-order valence-electron chi connectivity index (χ4n) is 1.02. The lowest BCUT2D eigenvalue weighted by Crippen LogP contribution is -2.22. The standard InChI is InChI=1S/C11H19N3O2/c1-11(2,3)16-5-4-15-10-8-13-9(6-12)7-14-10/h7-8H,4-6,12H2,1-3H3. The van der Waals surface area contributed by atoms with Gasteiger partial charge in [-0.2, -0.15) is 0 Å². The van der Waals surface area contributed by atoms with E-state index in [0.717, 1.165) is 5.69 Å². The highest BCUT2D eigenvalue weighted by Crippen LogP contribution is 2.07. The third-order valence-electron chi connectivity index (χ3n) is 1.76. The number of aromatic nitrogens is 2. The van der Waals surface area contributed by atoms with E-state index >= 15 is 0 Å². The lowest BCUT2D eigenvalue weighted by molar-refractivity contribution is -0.0168. The van der Waals surface area contributed by atoms with E-state index in [4.69, 9.17) is 15.2 Å². The van der Waals surface area contributed by atoms with Gasteiger partial charge in [-0.25, -0.2) is 4.98 Å². The SMILES string of the molecule is CC(C)(C)OCCOc1cnc(CN)cn1. The van der Waals surface area contributed by atoms with Gasteiger partial charge in [-0.1, -0.05) is 0 Å². The fraction of sp³-hybridized carbons (Fsp3) is 0.636. The van der Waals surface area contributed by atoms with Crippen molar-refractivity contribution in [2.75, 3.05) is 13.2 Å². The average Bonchev–Trinajstić information content (AvgIpc) is 2.24. The summed E-state index contributed by atoms with van der Waals surface area (Å²) in [6, 6.07) is 0. The normalized spacial score (nSPS) is 11.5. The molecule has 0 spiro atoms. The third kappa shape index (κ3) is 5.04. The molecule has 90 valence electrons. The Labute approximate surface area is 96.0 Å². The largest absolute Gasteiger partial charge is 0.474 e. The molecule has 0 aliphatic rings. The van der Waals surface area contributed by atoms with E-state index < -0.39 is 0 Å². The Morgan fingerprint density at radius 2 is 1.94 bits per heavy atom. The summed E-state index contributed by atoms with van der Waals surface area (Å²) in [5.41, 5.74) is 6.01. The van der Waals surface area contributed by atoms with Gasteiger partial charge in [-0.05, 0) is 20.8 Å². The molecule has 0 aliphatic carbocycles. The maximum Gasteiger partial charge on any atom is 0.232 e. The van der Waals surface area contributed by atoms with E-state index in [-0.39, 0.29) is 5.60 Å². The molecule has 0 aromatic carbocycles.